The zero-order chi connectivity index (χ0) is 16.8. The molecule has 2 aromatic carbocycles. The van der Waals surface area contributed by atoms with E-state index in [1.54, 1.807) is 14.2 Å². The predicted molar refractivity (Wildman–Crippen MR) is 90.4 cm³/mol. The standard InChI is InChI=1S/C20H20O4/c1-11-4-5-18-14(8-11)20(21)15-9-12-13(10-19(15)24-18)17(23-3)7-6-16(12)22-2/h4-8,15,19H,9-10H2,1-3H3/t15-,19-/m1/s1. The summed E-state index contributed by atoms with van der Waals surface area (Å²) in [4.78, 5) is 13.0. The number of ether oxygens (including phenoxy) is 3. The van der Waals surface area contributed by atoms with Crippen LogP contribution in [0.25, 0.3) is 0 Å². The van der Waals surface area contributed by atoms with Gasteiger partial charge in [0.25, 0.3) is 0 Å². The maximum atomic E-state index is 13.0. The summed E-state index contributed by atoms with van der Waals surface area (Å²) in [6.45, 7) is 1.99. The van der Waals surface area contributed by atoms with Crippen molar-refractivity contribution < 1.29 is 19.0 Å². The molecule has 0 radical (unpaired) electrons. The van der Waals surface area contributed by atoms with Gasteiger partial charge in [0.1, 0.15) is 23.4 Å². The molecule has 0 fully saturated rings. The molecule has 0 saturated carbocycles. The Morgan fingerprint density at radius 2 is 1.67 bits per heavy atom. The Balaban J connectivity index is 1.79. The molecule has 124 valence electrons. The summed E-state index contributed by atoms with van der Waals surface area (Å²) in [5.74, 6) is 2.33. The molecule has 1 aliphatic carbocycles. The molecule has 2 atom stereocenters. The first-order chi connectivity index (χ1) is 11.6. The van der Waals surface area contributed by atoms with E-state index in [9.17, 15) is 4.79 Å². The minimum absolute atomic E-state index is 0.152. The van der Waals surface area contributed by atoms with Crippen LogP contribution in [0, 0.1) is 12.8 Å². The first-order valence-electron chi connectivity index (χ1n) is 8.16. The highest BCUT2D eigenvalue weighted by Gasteiger charge is 2.42. The number of carbonyl (C=O) groups excluding carboxylic acids is 1. The molecule has 0 bridgehead atoms. The van der Waals surface area contributed by atoms with Gasteiger partial charge < -0.3 is 14.2 Å². The van der Waals surface area contributed by atoms with Crippen LogP contribution in [0.15, 0.2) is 30.3 Å². The van der Waals surface area contributed by atoms with Crippen molar-refractivity contribution in [3.63, 3.8) is 0 Å². The number of hydrogen-bond donors (Lipinski definition) is 0. The van der Waals surface area contributed by atoms with Crippen molar-refractivity contribution in [2.75, 3.05) is 14.2 Å². The van der Waals surface area contributed by atoms with Gasteiger partial charge in [-0.3, -0.25) is 4.79 Å². The molecule has 2 aromatic rings. The van der Waals surface area contributed by atoms with E-state index in [1.165, 1.54) is 0 Å². The van der Waals surface area contributed by atoms with Crippen LogP contribution in [0.4, 0.5) is 0 Å². The average molecular weight is 324 g/mol. The molecule has 0 spiro atoms. The Hall–Kier alpha value is -2.49. The molecule has 4 rings (SSSR count). The fourth-order valence-electron chi connectivity index (χ4n) is 3.86. The van der Waals surface area contributed by atoms with Gasteiger partial charge in [-0.15, -0.1) is 0 Å². The van der Waals surface area contributed by atoms with Crippen molar-refractivity contribution in [3.8, 4) is 17.2 Å². The third-order valence-corrected chi connectivity index (χ3v) is 5.08. The maximum absolute atomic E-state index is 13.0. The molecule has 0 saturated heterocycles. The van der Waals surface area contributed by atoms with Crippen LogP contribution in [0.5, 0.6) is 17.2 Å². The molecular weight excluding hydrogens is 304 g/mol. The Kier molecular flexibility index (Phi) is 3.48. The van der Waals surface area contributed by atoms with Crippen LogP contribution >= 0.6 is 0 Å². The van der Waals surface area contributed by atoms with Gasteiger partial charge in [-0.05, 0) is 37.6 Å². The number of benzene rings is 2. The van der Waals surface area contributed by atoms with Crippen LogP contribution < -0.4 is 14.2 Å². The molecule has 0 amide bonds. The lowest BCUT2D eigenvalue weighted by Gasteiger charge is -2.37. The third-order valence-electron chi connectivity index (χ3n) is 5.08. The van der Waals surface area contributed by atoms with Crippen molar-refractivity contribution in [1.29, 1.82) is 0 Å². The van der Waals surface area contributed by atoms with Gasteiger partial charge in [0.2, 0.25) is 0 Å². The third kappa shape index (κ3) is 2.17. The summed E-state index contributed by atoms with van der Waals surface area (Å²) in [6.07, 6.45) is 1.12. The molecule has 1 heterocycles. The smallest absolute Gasteiger partial charge is 0.173 e. The van der Waals surface area contributed by atoms with E-state index in [1.807, 2.05) is 37.3 Å². The molecule has 0 unspecified atom stereocenters. The highest BCUT2D eigenvalue weighted by Crippen LogP contribution is 2.43. The van der Waals surface area contributed by atoms with Crippen molar-refractivity contribution in [3.05, 3.63) is 52.6 Å². The topological polar surface area (TPSA) is 44.8 Å². The summed E-state index contributed by atoms with van der Waals surface area (Å²) in [6, 6.07) is 9.63. The van der Waals surface area contributed by atoms with Gasteiger partial charge in [-0.25, -0.2) is 0 Å². The number of fused-ring (bicyclic) bond motifs is 3. The second kappa shape index (κ2) is 5.55. The Morgan fingerprint density at radius 3 is 2.33 bits per heavy atom. The Labute approximate surface area is 141 Å². The number of carbonyl (C=O) groups is 1. The molecule has 1 aliphatic heterocycles. The quantitative estimate of drug-likeness (QED) is 0.849. The summed E-state index contributed by atoms with van der Waals surface area (Å²) >= 11 is 0. The number of rotatable bonds is 2. The first kappa shape index (κ1) is 15.1. The lowest BCUT2D eigenvalue weighted by molar-refractivity contribution is 0.0629. The monoisotopic (exact) mass is 324 g/mol. The minimum Gasteiger partial charge on any atom is -0.496 e. The van der Waals surface area contributed by atoms with Gasteiger partial charge in [-0.1, -0.05) is 11.6 Å². The summed E-state index contributed by atoms with van der Waals surface area (Å²) in [7, 11) is 3.32. The SMILES string of the molecule is COc1ccc(OC)c2c1C[C@H]1Oc3ccc(C)cc3C(=O)[C@@H]1C2. The molecule has 4 heteroatoms. The van der Waals surface area contributed by atoms with Gasteiger partial charge in [-0.2, -0.15) is 0 Å². The predicted octanol–water partition coefficient (Wildman–Crippen LogP) is 3.37. The molecule has 4 nitrogen and oxygen atoms in total. The van der Waals surface area contributed by atoms with Crippen LogP contribution in [0.2, 0.25) is 0 Å². The second-order valence-corrected chi connectivity index (χ2v) is 6.46. The molecule has 0 aromatic heterocycles. The molecule has 0 N–H and O–H groups in total. The number of hydrogen-bond acceptors (Lipinski definition) is 4. The normalized spacial score (nSPS) is 21.2. The van der Waals surface area contributed by atoms with E-state index in [-0.39, 0.29) is 17.8 Å². The van der Waals surface area contributed by atoms with Crippen LogP contribution in [0.3, 0.4) is 0 Å². The Morgan fingerprint density at radius 1 is 1.00 bits per heavy atom. The van der Waals surface area contributed by atoms with Crippen molar-refractivity contribution in [2.24, 2.45) is 5.92 Å². The maximum Gasteiger partial charge on any atom is 0.173 e. The van der Waals surface area contributed by atoms with E-state index in [0.717, 1.165) is 28.2 Å². The molecule has 24 heavy (non-hydrogen) atoms. The summed E-state index contributed by atoms with van der Waals surface area (Å²) in [5.41, 5.74) is 3.91. The van der Waals surface area contributed by atoms with E-state index in [2.05, 4.69) is 0 Å². The number of ketones is 1. The molecule has 2 aliphatic rings. The van der Waals surface area contributed by atoms with Gasteiger partial charge in [0.15, 0.2) is 5.78 Å². The largest absolute Gasteiger partial charge is 0.496 e. The lowest BCUT2D eigenvalue weighted by atomic mass is 9.75. The lowest BCUT2D eigenvalue weighted by Crippen LogP contribution is -2.43. The summed E-state index contributed by atoms with van der Waals surface area (Å²) < 4.78 is 17.2. The Bertz CT molecular complexity index is 825. The van der Waals surface area contributed by atoms with E-state index in [4.69, 9.17) is 14.2 Å². The first-order valence-corrected chi connectivity index (χ1v) is 8.16. The van der Waals surface area contributed by atoms with E-state index >= 15 is 0 Å². The zero-order valence-electron chi connectivity index (χ0n) is 14.1. The van der Waals surface area contributed by atoms with Gasteiger partial charge in [0, 0.05) is 17.5 Å². The fourth-order valence-corrected chi connectivity index (χ4v) is 3.86. The zero-order valence-corrected chi connectivity index (χ0v) is 14.1. The highest BCUT2D eigenvalue weighted by atomic mass is 16.5. The summed E-state index contributed by atoms with van der Waals surface area (Å²) in [5, 5.41) is 0. The van der Waals surface area contributed by atoms with Crippen LogP contribution in [-0.2, 0) is 12.8 Å². The van der Waals surface area contributed by atoms with Crippen LogP contribution in [0.1, 0.15) is 27.0 Å². The van der Waals surface area contributed by atoms with Crippen molar-refractivity contribution in [1.82, 2.24) is 0 Å². The average Bonchev–Trinajstić information content (AvgIpc) is 2.60. The van der Waals surface area contributed by atoms with Crippen molar-refractivity contribution >= 4 is 5.78 Å². The minimum atomic E-state index is -0.173. The second-order valence-electron chi connectivity index (χ2n) is 6.46. The number of aryl methyl sites for hydroxylation is 1. The van der Waals surface area contributed by atoms with Crippen LogP contribution in [-0.4, -0.2) is 26.1 Å². The fraction of sp³-hybridized carbons (Fsp3) is 0.350. The van der Waals surface area contributed by atoms with E-state index in [0.29, 0.717) is 24.2 Å². The van der Waals surface area contributed by atoms with Gasteiger partial charge in [0.05, 0.1) is 25.7 Å². The van der Waals surface area contributed by atoms with Gasteiger partial charge >= 0.3 is 0 Å². The number of Topliss-reactive ketones (excluding diaryl/α,β-unsaturated/α-hetero) is 1. The van der Waals surface area contributed by atoms with E-state index < -0.39 is 0 Å². The molecular formula is C20H20O4. The highest BCUT2D eigenvalue weighted by molar-refractivity contribution is 6.02. The van der Waals surface area contributed by atoms with Crippen molar-refractivity contribution in [2.45, 2.75) is 25.9 Å². The number of methoxy groups -OCH3 is 2.